The third kappa shape index (κ3) is 3.39. The molecule has 0 bridgehead atoms. The van der Waals surface area contributed by atoms with Crippen molar-refractivity contribution >= 4 is 9.84 Å². The Hall–Kier alpha value is -1.73. The molecular formula is C12H14N2O4S. The van der Waals surface area contributed by atoms with Gasteiger partial charge in [-0.15, -0.1) is 0 Å². The summed E-state index contributed by atoms with van der Waals surface area (Å²) >= 11 is 0. The van der Waals surface area contributed by atoms with E-state index in [0.29, 0.717) is 30.3 Å². The molecule has 1 heterocycles. The molecule has 0 aliphatic heterocycles. The molecular weight excluding hydrogens is 268 g/mol. The Balaban J connectivity index is 2.20. The normalized spacial score (nSPS) is 11.7. The van der Waals surface area contributed by atoms with Gasteiger partial charge >= 0.3 is 0 Å². The van der Waals surface area contributed by atoms with Crippen molar-refractivity contribution in [1.29, 1.82) is 0 Å². The van der Waals surface area contributed by atoms with Gasteiger partial charge in [0, 0.05) is 18.9 Å². The Bertz CT molecular complexity index is 647. The molecule has 102 valence electrons. The van der Waals surface area contributed by atoms with Gasteiger partial charge in [0.15, 0.2) is 9.84 Å². The van der Waals surface area contributed by atoms with Crippen LogP contribution in [0.2, 0.25) is 0 Å². The average molecular weight is 282 g/mol. The Morgan fingerprint density at radius 2 is 1.95 bits per heavy atom. The molecule has 7 heteroatoms. The first kappa shape index (κ1) is 13.7. The fourth-order valence-corrected chi connectivity index (χ4v) is 2.14. The summed E-state index contributed by atoms with van der Waals surface area (Å²) in [5, 5.41) is 3.84. The molecule has 0 fully saturated rings. The first-order valence-corrected chi connectivity index (χ1v) is 7.52. The highest BCUT2D eigenvalue weighted by molar-refractivity contribution is 7.90. The van der Waals surface area contributed by atoms with Gasteiger partial charge in [-0.2, -0.15) is 4.98 Å². The van der Waals surface area contributed by atoms with E-state index in [4.69, 9.17) is 9.26 Å². The molecule has 6 nitrogen and oxygen atoms in total. The number of hydrogen-bond acceptors (Lipinski definition) is 6. The second-order valence-corrected chi connectivity index (χ2v) is 6.07. The molecule has 0 radical (unpaired) electrons. The Morgan fingerprint density at radius 1 is 1.26 bits per heavy atom. The lowest BCUT2D eigenvalue weighted by Gasteiger charge is -1.98. The fraction of sp³-hybridized carbons (Fsp3) is 0.333. The van der Waals surface area contributed by atoms with E-state index in [9.17, 15) is 8.42 Å². The van der Waals surface area contributed by atoms with Crippen LogP contribution in [0.1, 0.15) is 5.89 Å². The van der Waals surface area contributed by atoms with Crippen LogP contribution in [0, 0.1) is 0 Å². The predicted molar refractivity (Wildman–Crippen MR) is 68.4 cm³/mol. The largest absolute Gasteiger partial charge is 0.384 e. The number of aromatic nitrogens is 2. The summed E-state index contributed by atoms with van der Waals surface area (Å²) < 4.78 is 32.7. The van der Waals surface area contributed by atoms with Crippen molar-refractivity contribution < 1.29 is 17.7 Å². The van der Waals surface area contributed by atoms with Crippen LogP contribution in [0.4, 0.5) is 0 Å². The van der Waals surface area contributed by atoms with Crippen LogP contribution in [0.5, 0.6) is 0 Å². The molecule has 2 rings (SSSR count). The zero-order chi connectivity index (χ0) is 13.9. The minimum atomic E-state index is -3.19. The minimum absolute atomic E-state index is 0.263. The molecule has 0 aliphatic rings. The summed E-state index contributed by atoms with van der Waals surface area (Å²) in [5.74, 6) is 0.926. The number of ether oxygens (including phenoxy) is 1. The van der Waals surface area contributed by atoms with Crippen LogP contribution >= 0.6 is 0 Å². The van der Waals surface area contributed by atoms with Crippen molar-refractivity contribution in [3.8, 4) is 11.4 Å². The van der Waals surface area contributed by atoms with Gasteiger partial charge in [0.05, 0.1) is 17.9 Å². The van der Waals surface area contributed by atoms with Gasteiger partial charge in [-0.1, -0.05) is 5.16 Å². The highest BCUT2D eigenvalue weighted by Gasteiger charge is 2.11. The minimum Gasteiger partial charge on any atom is -0.384 e. The quantitative estimate of drug-likeness (QED) is 0.822. The van der Waals surface area contributed by atoms with Crippen LogP contribution in [-0.4, -0.2) is 38.5 Å². The third-order valence-corrected chi connectivity index (χ3v) is 3.66. The van der Waals surface area contributed by atoms with Crippen LogP contribution in [0.3, 0.4) is 0 Å². The molecule has 0 unspecified atom stereocenters. The number of methoxy groups -OCH3 is 1. The third-order valence-electron chi connectivity index (χ3n) is 2.53. The Labute approximate surface area is 111 Å². The standard InChI is InChI=1S/C12H14N2O4S/c1-17-8-7-11-13-12(14-18-11)9-3-5-10(6-4-9)19(2,15)16/h3-6H,7-8H2,1-2H3. The SMILES string of the molecule is COCCc1nc(-c2ccc(S(C)(=O)=O)cc2)no1. The Morgan fingerprint density at radius 3 is 2.53 bits per heavy atom. The van der Waals surface area contributed by atoms with Gasteiger partial charge in [-0.3, -0.25) is 0 Å². The van der Waals surface area contributed by atoms with Crippen LogP contribution < -0.4 is 0 Å². The molecule has 19 heavy (non-hydrogen) atoms. The van der Waals surface area contributed by atoms with E-state index in [0.717, 1.165) is 0 Å². The lowest BCUT2D eigenvalue weighted by Crippen LogP contribution is -1.96. The molecule has 0 amide bonds. The van der Waals surface area contributed by atoms with E-state index in [1.54, 1.807) is 19.2 Å². The maximum atomic E-state index is 11.3. The van der Waals surface area contributed by atoms with Crippen LogP contribution in [0.25, 0.3) is 11.4 Å². The summed E-state index contributed by atoms with van der Waals surface area (Å²) in [7, 11) is -1.59. The van der Waals surface area contributed by atoms with E-state index in [1.165, 1.54) is 18.4 Å². The first-order chi connectivity index (χ1) is 9.00. The second kappa shape index (κ2) is 5.50. The van der Waals surface area contributed by atoms with Gasteiger partial charge in [-0.05, 0) is 24.3 Å². The van der Waals surface area contributed by atoms with Crippen LogP contribution in [0.15, 0.2) is 33.7 Å². The number of hydrogen-bond donors (Lipinski definition) is 0. The average Bonchev–Trinajstić information content (AvgIpc) is 2.84. The smallest absolute Gasteiger partial charge is 0.229 e. The lowest BCUT2D eigenvalue weighted by atomic mass is 10.2. The van der Waals surface area contributed by atoms with E-state index < -0.39 is 9.84 Å². The van der Waals surface area contributed by atoms with Gasteiger partial charge in [0.2, 0.25) is 11.7 Å². The van der Waals surface area contributed by atoms with E-state index >= 15 is 0 Å². The molecule has 0 saturated heterocycles. The molecule has 0 atom stereocenters. The fourth-order valence-electron chi connectivity index (χ4n) is 1.51. The molecule has 0 saturated carbocycles. The predicted octanol–water partition coefficient (Wildman–Crippen LogP) is 1.33. The first-order valence-electron chi connectivity index (χ1n) is 5.63. The van der Waals surface area contributed by atoms with Crippen LogP contribution in [-0.2, 0) is 21.0 Å². The number of rotatable bonds is 5. The molecule has 0 spiro atoms. The van der Waals surface area contributed by atoms with Crippen molar-refractivity contribution in [2.24, 2.45) is 0 Å². The summed E-state index contributed by atoms with van der Waals surface area (Å²) in [6.45, 7) is 0.509. The van der Waals surface area contributed by atoms with E-state index in [2.05, 4.69) is 10.1 Å². The molecule has 2 aromatic rings. The monoisotopic (exact) mass is 282 g/mol. The molecule has 1 aromatic carbocycles. The highest BCUT2D eigenvalue weighted by atomic mass is 32.2. The summed E-state index contributed by atoms with van der Waals surface area (Å²) in [6, 6.07) is 6.36. The van der Waals surface area contributed by atoms with Crippen molar-refractivity contribution in [3.63, 3.8) is 0 Å². The van der Waals surface area contributed by atoms with Crippen molar-refractivity contribution in [3.05, 3.63) is 30.2 Å². The molecule has 1 aromatic heterocycles. The summed E-state index contributed by atoms with van der Waals surface area (Å²) in [5.41, 5.74) is 0.708. The maximum absolute atomic E-state index is 11.3. The number of sulfone groups is 1. The van der Waals surface area contributed by atoms with Gasteiger partial charge < -0.3 is 9.26 Å². The van der Waals surface area contributed by atoms with Gasteiger partial charge in [0.25, 0.3) is 0 Å². The lowest BCUT2D eigenvalue weighted by molar-refractivity contribution is 0.192. The number of benzene rings is 1. The van der Waals surface area contributed by atoms with Crippen molar-refractivity contribution in [2.75, 3.05) is 20.0 Å². The molecule has 0 N–H and O–H groups in total. The number of nitrogens with zero attached hydrogens (tertiary/aromatic N) is 2. The topological polar surface area (TPSA) is 82.3 Å². The van der Waals surface area contributed by atoms with Gasteiger partial charge in [-0.25, -0.2) is 8.42 Å². The zero-order valence-electron chi connectivity index (χ0n) is 10.7. The van der Waals surface area contributed by atoms with E-state index in [1.807, 2.05) is 0 Å². The Kier molecular flexibility index (Phi) is 3.96. The second-order valence-electron chi connectivity index (χ2n) is 4.05. The van der Waals surface area contributed by atoms with Crippen molar-refractivity contribution in [1.82, 2.24) is 10.1 Å². The summed E-state index contributed by atoms with van der Waals surface area (Å²) in [4.78, 5) is 4.47. The summed E-state index contributed by atoms with van der Waals surface area (Å²) in [6.07, 6.45) is 1.71. The zero-order valence-corrected chi connectivity index (χ0v) is 11.5. The van der Waals surface area contributed by atoms with Crippen molar-refractivity contribution in [2.45, 2.75) is 11.3 Å². The van der Waals surface area contributed by atoms with Gasteiger partial charge in [0.1, 0.15) is 0 Å². The van der Waals surface area contributed by atoms with E-state index in [-0.39, 0.29) is 4.90 Å². The molecule has 0 aliphatic carbocycles. The highest BCUT2D eigenvalue weighted by Crippen LogP contribution is 2.18. The maximum Gasteiger partial charge on any atom is 0.229 e.